The van der Waals surface area contributed by atoms with Crippen LogP contribution in [0.4, 0.5) is 0 Å². The summed E-state index contributed by atoms with van der Waals surface area (Å²) in [6.07, 6.45) is -0.565. The standard InChI is InChI=1S/C9H12O4/c10-7-3-1-4(8(7)11)6-5(3)2-13-9(6)12/h3-8,10-11H,1-2H2. The molecule has 4 heteroatoms. The van der Waals surface area contributed by atoms with Gasteiger partial charge < -0.3 is 14.9 Å². The Labute approximate surface area is 75.5 Å². The van der Waals surface area contributed by atoms with Crippen LogP contribution in [0.1, 0.15) is 6.42 Å². The zero-order chi connectivity index (χ0) is 9.16. The van der Waals surface area contributed by atoms with E-state index in [-0.39, 0.29) is 29.6 Å². The number of cyclic esters (lactones) is 1. The molecule has 2 aliphatic carbocycles. The van der Waals surface area contributed by atoms with Crippen molar-refractivity contribution < 1.29 is 19.7 Å². The van der Waals surface area contributed by atoms with E-state index in [9.17, 15) is 15.0 Å². The number of carbonyl (C=O) groups excluding carboxylic acids is 1. The predicted octanol–water partition coefficient (Wildman–Crippen LogP) is -0.853. The Morgan fingerprint density at radius 2 is 1.85 bits per heavy atom. The van der Waals surface area contributed by atoms with Crippen LogP contribution in [0.25, 0.3) is 0 Å². The van der Waals surface area contributed by atoms with Crippen LogP contribution >= 0.6 is 0 Å². The Kier molecular flexibility index (Phi) is 1.34. The van der Waals surface area contributed by atoms with Crippen molar-refractivity contribution in [3.8, 4) is 0 Å². The van der Waals surface area contributed by atoms with Crippen molar-refractivity contribution in [1.82, 2.24) is 0 Å². The number of hydrogen-bond acceptors (Lipinski definition) is 4. The van der Waals surface area contributed by atoms with Crippen LogP contribution in [0.15, 0.2) is 0 Å². The topological polar surface area (TPSA) is 66.8 Å². The molecule has 0 radical (unpaired) electrons. The Morgan fingerprint density at radius 3 is 2.62 bits per heavy atom. The lowest BCUT2D eigenvalue weighted by Crippen LogP contribution is -2.42. The third-order valence-electron chi connectivity index (χ3n) is 3.93. The maximum atomic E-state index is 11.3. The van der Waals surface area contributed by atoms with Gasteiger partial charge in [0.25, 0.3) is 0 Å². The molecule has 2 bridgehead atoms. The van der Waals surface area contributed by atoms with Crippen LogP contribution in [0.2, 0.25) is 0 Å². The number of fused-ring (bicyclic) bond motifs is 5. The summed E-state index contributed by atoms with van der Waals surface area (Å²) in [6, 6.07) is 0. The lowest BCUT2D eigenvalue weighted by Gasteiger charge is -2.29. The van der Waals surface area contributed by atoms with E-state index in [2.05, 4.69) is 0 Å². The highest BCUT2D eigenvalue weighted by Crippen LogP contribution is 2.55. The Balaban J connectivity index is 1.96. The summed E-state index contributed by atoms with van der Waals surface area (Å²) in [4.78, 5) is 11.3. The van der Waals surface area contributed by atoms with Crippen molar-refractivity contribution >= 4 is 5.97 Å². The summed E-state index contributed by atoms with van der Waals surface area (Å²) in [5, 5.41) is 19.2. The highest BCUT2D eigenvalue weighted by molar-refractivity contribution is 5.76. The van der Waals surface area contributed by atoms with E-state index in [4.69, 9.17) is 4.74 Å². The number of ether oxygens (including phenoxy) is 1. The molecule has 2 saturated carbocycles. The third-order valence-corrected chi connectivity index (χ3v) is 3.93. The van der Waals surface area contributed by atoms with E-state index in [0.29, 0.717) is 6.61 Å². The van der Waals surface area contributed by atoms with E-state index in [1.807, 2.05) is 0 Å². The molecule has 1 heterocycles. The van der Waals surface area contributed by atoms with Gasteiger partial charge in [0, 0.05) is 11.8 Å². The highest BCUT2D eigenvalue weighted by atomic mass is 16.5. The molecule has 0 aromatic heterocycles. The Hall–Kier alpha value is -0.610. The molecule has 3 fully saturated rings. The second-order valence-corrected chi connectivity index (χ2v) is 4.36. The average Bonchev–Trinajstić information content (AvgIpc) is 2.70. The number of hydrogen-bond donors (Lipinski definition) is 2. The van der Waals surface area contributed by atoms with Gasteiger partial charge in [-0.15, -0.1) is 0 Å². The minimum atomic E-state index is -0.711. The van der Waals surface area contributed by atoms with Gasteiger partial charge in [-0.25, -0.2) is 0 Å². The molecular weight excluding hydrogens is 172 g/mol. The maximum Gasteiger partial charge on any atom is 0.309 e. The summed E-state index contributed by atoms with van der Waals surface area (Å²) in [6.45, 7) is 0.439. The molecule has 0 amide bonds. The predicted molar refractivity (Wildman–Crippen MR) is 41.5 cm³/mol. The summed E-state index contributed by atoms with van der Waals surface area (Å²) in [7, 11) is 0. The van der Waals surface area contributed by atoms with Crippen molar-refractivity contribution in [2.45, 2.75) is 18.6 Å². The first-order valence-corrected chi connectivity index (χ1v) is 4.73. The van der Waals surface area contributed by atoms with Gasteiger partial charge >= 0.3 is 5.97 Å². The molecule has 72 valence electrons. The van der Waals surface area contributed by atoms with Crippen LogP contribution in [0, 0.1) is 23.7 Å². The van der Waals surface area contributed by atoms with E-state index in [1.54, 1.807) is 0 Å². The smallest absolute Gasteiger partial charge is 0.309 e. The van der Waals surface area contributed by atoms with Gasteiger partial charge in [0.1, 0.15) is 0 Å². The number of aliphatic hydroxyl groups is 2. The normalized spacial score (nSPS) is 58.2. The quantitative estimate of drug-likeness (QED) is 0.481. The van der Waals surface area contributed by atoms with Gasteiger partial charge in [-0.1, -0.05) is 0 Å². The fourth-order valence-electron chi connectivity index (χ4n) is 3.32. The Bertz CT molecular complexity index is 264. The van der Waals surface area contributed by atoms with Crippen LogP contribution in [0.5, 0.6) is 0 Å². The van der Waals surface area contributed by atoms with Gasteiger partial charge in [0.05, 0.1) is 24.7 Å². The SMILES string of the molecule is O=C1OCC2C3CC(C(O)C3O)C12. The van der Waals surface area contributed by atoms with Crippen molar-refractivity contribution in [3.05, 3.63) is 0 Å². The molecular formula is C9H12O4. The Morgan fingerprint density at radius 1 is 1.15 bits per heavy atom. The van der Waals surface area contributed by atoms with E-state index in [0.717, 1.165) is 6.42 Å². The third kappa shape index (κ3) is 0.758. The second-order valence-electron chi connectivity index (χ2n) is 4.36. The molecule has 1 saturated heterocycles. The van der Waals surface area contributed by atoms with Crippen LogP contribution < -0.4 is 0 Å². The summed E-state index contributed by atoms with van der Waals surface area (Å²) in [5.74, 6) is -0.126. The molecule has 6 unspecified atom stereocenters. The van der Waals surface area contributed by atoms with Gasteiger partial charge in [0.15, 0.2) is 0 Å². The van der Waals surface area contributed by atoms with E-state index < -0.39 is 12.2 Å². The molecule has 2 N–H and O–H groups in total. The molecule has 0 spiro atoms. The van der Waals surface area contributed by atoms with E-state index in [1.165, 1.54) is 0 Å². The number of esters is 1. The fraction of sp³-hybridized carbons (Fsp3) is 0.889. The first kappa shape index (κ1) is 7.76. The number of aliphatic hydroxyl groups excluding tert-OH is 2. The molecule has 0 aromatic rings. The molecule has 0 aromatic carbocycles. The largest absolute Gasteiger partial charge is 0.465 e. The minimum Gasteiger partial charge on any atom is -0.465 e. The maximum absolute atomic E-state index is 11.3. The molecule has 13 heavy (non-hydrogen) atoms. The average molecular weight is 184 g/mol. The summed E-state index contributed by atoms with van der Waals surface area (Å²) in [5.41, 5.74) is 0. The zero-order valence-corrected chi connectivity index (χ0v) is 7.09. The van der Waals surface area contributed by atoms with Gasteiger partial charge in [-0.2, -0.15) is 0 Å². The molecule has 4 nitrogen and oxygen atoms in total. The lowest BCUT2D eigenvalue weighted by atomic mass is 9.78. The zero-order valence-electron chi connectivity index (χ0n) is 7.09. The molecule has 3 rings (SSSR count). The number of carbonyl (C=O) groups is 1. The van der Waals surface area contributed by atoms with E-state index >= 15 is 0 Å². The first-order valence-electron chi connectivity index (χ1n) is 4.73. The minimum absolute atomic E-state index is 0.0556. The summed E-state index contributed by atoms with van der Waals surface area (Å²) >= 11 is 0. The van der Waals surface area contributed by atoms with Crippen LogP contribution in [-0.2, 0) is 9.53 Å². The monoisotopic (exact) mass is 184 g/mol. The van der Waals surface area contributed by atoms with Crippen molar-refractivity contribution in [2.24, 2.45) is 23.7 Å². The first-order chi connectivity index (χ1) is 6.20. The van der Waals surface area contributed by atoms with Gasteiger partial charge in [-0.3, -0.25) is 4.79 Å². The molecule has 1 aliphatic heterocycles. The van der Waals surface area contributed by atoms with Gasteiger partial charge in [-0.05, 0) is 12.3 Å². The van der Waals surface area contributed by atoms with Crippen LogP contribution in [-0.4, -0.2) is 35.0 Å². The number of rotatable bonds is 0. The second kappa shape index (κ2) is 2.25. The van der Waals surface area contributed by atoms with Gasteiger partial charge in [0.2, 0.25) is 0 Å². The van der Waals surface area contributed by atoms with Crippen molar-refractivity contribution in [2.75, 3.05) is 6.61 Å². The van der Waals surface area contributed by atoms with Crippen molar-refractivity contribution in [3.63, 3.8) is 0 Å². The molecule has 3 aliphatic rings. The lowest BCUT2D eigenvalue weighted by molar-refractivity contribution is -0.144. The summed E-state index contributed by atoms with van der Waals surface area (Å²) < 4.78 is 4.94. The molecule has 6 atom stereocenters. The fourth-order valence-corrected chi connectivity index (χ4v) is 3.32. The van der Waals surface area contributed by atoms with Crippen LogP contribution in [0.3, 0.4) is 0 Å². The van der Waals surface area contributed by atoms with Crippen molar-refractivity contribution in [1.29, 1.82) is 0 Å². The highest BCUT2D eigenvalue weighted by Gasteiger charge is 2.62.